The van der Waals surface area contributed by atoms with Crippen molar-refractivity contribution in [2.24, 2.45) is 12.9 Å². The summed E-state index contributed by atoms with van der Waals surface area (Å²) in [5.74, 6) is 5.62. The molecule has 0 unspecified atom stereocenters. The lowest BCUT2D eigenvalue weighted by atomic mass is 10.7. The molecule has 0 aliphatic rings. The molecule has 0 aromatic carbocycles. The molecule has 0 saturated carbocycles. The minimum Gasteiger partial charge on any atom is -0.292 e. The molecule has 2 rings (SSSR count). The molecule has 0 aliphatic heterocycles. The maximum atomic E-state index is 5.22. The summed E-state index contributed by atoms with van der Waals surface area (Å²) in [5, 5.41) is 4.89. The van der Waals surface area contributed by atoms with E-state index in [9.17, 15) is 0 Å². The van der Waals surface area contributed by atoms with Gasteiger partial charge >= 0.3 is 0 Å². The monoisotopic (exact) mass is 222 g/mol. The molecule has 0 bridgehead atoms. The number of aromatic nitrogens is 4. The Labute approximate surface area is 90.9 Å². The number of hydrogen-bond acceptors (Lipinski definition) is 6. The van der Waals surface area contributed by atoms with E-state index in [1.54, 1.807) is 17.1 Å². The highest BCUT2D eigenvalue weighted by atomic mass is 32.2. The number of nitrogen functional groups attached to an aromatic ring is 1. The molecular formula is C8H10N6S. The Morgan fingerprint density at radius 2 is 2.40 bits per heavy atom. The third-order valence-electron chi connectivity index (χ3n) is 1.66. The largest absolute Gasteiger partial charge is 0.292 e. The van der Waals surface area contributed by atoms with Crippen molar-refractivity contribution < 1.29 is 0 Å². The molecule has 2 aromatic heterocycles. The number of hydrogen-bond donors (Lipinski definition) is 2. The van der Waals surface area contributed by atoms with Gasteiger partial charge in [0.2, 0.25) is 5.95 Å². The zero-order chi connectivity index (χ0) is 10.7. The Hall–Kier alpha value is -1.60. The van der Waals surface area contributed by atoms with Gasteiger partial charge < -0.3 is 0 Å². The fraction of sp³-hybridized carbons (Fsp3) is 0.125. The maximum absolute atomic E-state index is 5.22. The topological polar surface area (TPSA) is 81.7 Å². The summed E-state index contributed by atoms with van der Waals surface area (Å²) in [4.78, 5) is 9.12. The summed E-state index contributed by atoms with van der Waals surface area (Å²) in [5.41, 5.74) is 2.40. The van der Waals surface area contributed by atoms with Gasteiger partial charge in [0.05, 0.1) is 11.1 Å². The van der Waals surface area contributed by atoms with E-state index in [4.69, 9.17) is 5.84 Å². The van der Waals surface area contributed by atoms with Gasteiger partial charge in [-0.3, -0.25) is 10.1 Å². The van der Waals surface area contributed by atoms with Crippen LogP contribution in [0.1, 0.15) is 0 Å². The van der Waals surface area contributed by atoms with Crippen LogP contribution in [0.15, 0.2) is 34.6 Å². The zero-order valence-corrected chi connectivity index (χ0v) is 8.90. The van der Waals surface area contributed by atoms with E-state index < -0.39 is 0 Å². The van der Waals surface area contributed by atoms with E-state index in [1.807, 2.05) is 19.3 Å². The van der Waals surface area contributed by atoms with Crippen LogP contribution in [-0.2, 0) is 7.05 Å². The van der Waals surface area contributed by atoms with Gasteiger partial charge in [0.15, 0.2) is 0 Å². The summed E-state index contributed by atoms with van der Waals surface area (Å²) in [7, 11) is 1.87. The maximum Gasteiger partial charge on any atom is 0.238 e. The molecule has 7 heteroatoms. The lowest BCUT2D eigenvalue weighted by Gasteiger charge is -2.00. The molecule has 0 fully saturated rings. The summed E-state index contributed by atoms with van der Waals surface area (Å²) >= 11 is 1.51. The average Bonchev–Trinajstić information content (AvgIpc) is 2.64. The first-order chi connectivity index (χ1) is 7.28. The molecule has 0 spiro atoms. The van der Waals surface area contributed by atoms with Crippen LogP contribution in [-0.4, -0.2) is 19.7 Å². The van der Waals surface area contributed by atoms with Gasteiger partial charge in [-0.25, -0.2) is 15.8 Å². The van der Waals surface area contributed by atoms with Gasteiger partial charge in [0.1, 0.15) is 5.03 Å². The summed E-state index contributed by atoms with van der Waals surface area (Å²) in [6.45, 7) is 0. The molecule has 0 saturated heterocycles. The van der Waals surface area contributed by atoms with Crippen LogP contribution < -0.4 is 11.3 Å². The molecule has 78 valence electrons. The van der Waals surface area contributed by atoms with Crippen molar-refractivity contribution in [3.63, 3.8) is 0 Å². The summed E-state index contributed by atoms with van der Waals surface area (Å²) < 4.78 is 1.74. The molecule has 15 heavy (non-hydrogen) atoms. The van der Waals surface area contributed by atoms with E-state index in [2.05, 4.69) is 20.5 Å². The van der Waals surface area contributed by atoms with E-state index in [1.165, 1.54) is 11.8 Å². The van der Waals surface area contributed by atoms with Gasteiger partial charge in [0, 0.05) is 19.4 Å². The van der Waals surface area contributed by atoms with Crippen LogP contribution in [0.4, 0.5) is 5.95 Å². The van der Waals surface area contributed by atoms with E-state index in [0.29, 0.717) is 5.95 Å². The highest BCUT2D eigenvalue weighted by molar-refractivity contribution is 7.99. The zero-order valence-electron chi connectivity index (χ0n) is 8.08. The van der Waals surface area contributed by atoms with Gasteiger partial charge in [-0.2, -0.15) is 5.10 Å². The Balaban J connectivity index is 2.16. The van der Waals surface area contributed by atoms with Gasteiger partial charge in [0.25, 0.3) is 0 Å². The third kappa shape index (κ3) is 2.45. The SMILES string of the molecule is Cn1cc(Sc2ccnc(NN)n2)cn1. The fourth-order valence-corrected chi connectivity index (χ4v) is 1.85. The van der Waals surface area contributed by atoms with Gasteiger partial charge in [-0.15, -0.1) is 0 Å². The van der Waals surface area contributed by atoms with Gasteiger partial charge in [-0.05, 0) is 6.07 Å². The second-order valence-electron chi connectivity index (χ2n) is 2.81. The van der Waals surface area contributed by atoms with Crippen LogP contribution >= 0.6 is 11.8 Å². The normalized spacial score (nSPS) is 10.3. The second kappa shape index (κ2) is 4.28. The Morgan fingerprint density at radius 3 is 3.07 bits per heavy atom. The standard InChI is InChI=1S/C8H10N6S/c1-14-5-6(4-11-14)15-7-2-3-10-8(12-7)13-9/h2-5H,9H2,1H3,(H,10,12,13). The number of anilines is 1. The van der Waals surface area contributed by atoms with E-state index in [-0.39, 0.29) is 0 Å². The van der Waals surface area contributed by atoms with Crippen molar-refractivity contribution in [2.75, 3.05) is 5.43 Å². The highest BCUT2D eigenvalue weighted by Crippen LogP contribution is 2.25. The molecule has 3 N–H and O–H groups in total. The number of hydrazine groups is 1. The van der Waals surface area contributed by atoms with Crippen molar-refractivity contribution in [1.82, 2.24) is 19.7 Å². The smallest absolute Gasteiger partial charge is 0.238 e. The van der Waals surface area contributed by atoms with Gasteiger partial charge in [-0.1, -0.05) is 11.8 Å². The molecule has 2 heterocycles. The minimum atomic E-state index is 0.406. The summed E-state index contributed by atoms with van der Waals surface area (Å²) in [6.07, 6.45) is 5.35. The summed E-state index contributed by atoms with van der Waals surface area (Å²) in [6, 6.07) is 1.82. The van der Waals surface area contributed by atoms with Crippen LogP contribution in [0.3, 0.4) is 0 Å². The molecule has 0 atom stereocenters. The molecule has 0 aliphatic carbocycles. The van der Waals surface area contributed by atoms with Crippen LogP contribution in [0.25, 0.3) is 0 Å². The number of nitrogens with two attached hydrogens (primary N) is 1. The van der Waals surface area contributed by atoms with Crippen molar-refractivity contribution in [2.45, 2.75) is 9.92 Å². The Bertz CT molecular complexity index is 454. The molecule has 2 aromatic rings. The van der Waals surface area contributed by atoms with Crippen molar-refractivity contribution in [3.05, 3.63) is 24.7 Å². The highest BCUT2D eigenvalue weighted by Gasteiger charge is 2.02. The predicted octanol–water partition coefficient (Wildman–Crippen LogP) is 0.647. The van der Waals surface area contributed by atoms with Crippen LogP contribution in [0.5, 0.6) is 0 Å². The molecule has 0 radical (unpaired) electrons. The van der Waals surface area contributed by atoms with Crippen LogP contribution in [0.2, 0.25) is 0 Å². The first-order valence-electron chi connectivity index (χ1n) is 4.24. The lowest BCUT2D eigenvalue weighted by Crippen LogP contribution is -2.10. The number of nitrogens with one attached hydrogen (secondary N) is 1. The number of nitrogens with zero attached hydrogens (tertiary/aromatic N) is 4. The van der Waals surface area contributed by atoms with E-state index >= 15 is 0 Å². The number of aryl methyl sites for hydroxylation is 1. The van der Waals surface area contributed by atoms with E-state index in [0.717, 1.165) is 9.92 Å². The fourth-order valence-electron chi connectivity index (χ4n) is 1.04. The minimum absolute atomic E-state index is 0.406. The Kier molecular flexibility index (Phi) is 2.84. The third-order valence-corrected chi connectivity index (χ3v) is 2.55. The van der Waals surface area contributed by atoms with Crippen molar-refractivity contribution in [1.29, 1.82) is 0 Å². The quantitative estimate of drug-likeness (QED) is 0.451. The molecule has 0 amide bonds. The number of rotatable bonds is 3. The predicted molar refractivity (Wildman–Crippen MR) is 57.2 cm³/mol. The van der Waals surface area contributed by atoms with Crippen LogP contribution in [0, 0.1) is 0 Å². The first kappa shape index (κ1) is 9.94. The van der Waals surface area contributed by atoms with Crippen molar-refractivity contribution in [3.8, 4) is 0 Å². The molecule has 6 nitrogen and oxygen atoms in total. The molecular weight excluding hydrogens is 212 g/mol. The second-order valence-corrected chi connectivity index (χ2v) is 3.91. The van der Waals surface area contributed by atoms with Crippen molar-refractivity contribution >= 4 is 17.7 Å². The lowest BCUT2D eigenvalue weighted by molar-refractivity contribution is 0.766. The Morgan fingerprint density at radius 1 is 1.53 bits per heavy atom. The first-order valence-corrected chi connectivity index (χ1v) is 5.06. The average molecular weight is 222 g/mol.